The molecule has 0 bridgehead atoms. The zero-order valence-corrected chi connectivity index (χ0v) is 15.1. The Kier molecular flexibility index (Phi) is 14.0. The maximum absolute atomic E-state index is 2.46. The SMILES string of the molecule is CCCCCCCCCCCCCC(C)(C)CCCC. The summed E-state index contributed by atoms with van der Waals surface area (Å²) in [6, 6.07) is 0. The van der Waals surface area contributed by atoms with Crippen molar-refractivity contribution in [3.8, 4) is 0 Å². The van der Waals surface area contributed by atoms with E-state index in [9.17, 15) is 0 Å². The van der Waals surface area contributed by atoms with Gasteiger partial charge in [0.15, 0.2) is 0 Å². The summed E-state index contributed by atoms with van der Waals surface area (Å²) in [5.74, 6) is 0. The van der Waals surface area contributed by atoms with Crippen LogP contribution in [0.25, 0.3) is 0 Å². The quantitative estimate of drug-likeness (QED) is 0.268. The zero-order chi connectivity index (χ0) is 15.1. The molecule has 0 spiro atoms. The molecule has 0 unspecified atom stereocenters. The fourth-order valence-electron chi connectivity index (χ4n) is 3.05. The van der Waals surface area contributed by atoms with Crippen LogP contribution in [0.15, 0.2) is 0 Å². The van der Waals surface area contributed by atoms with E-state index in [-0.39, 0.29) is 0 Å². The van der Waals surface area contributed by atoms with Crippen molar-refractivity contribution in [2.24, 2.45) is 5.41 Å². The highest BCUT2D eigenvalue weighted by Crippen LogP contribution is 2.29. The van der Waals surface area contributed by atoms with Crippen LogP contribution in [-0.2, 0) is 0 Å². The van der Waals surface area contributed by atoms with E-state index in [2.05, 4.69) is 27.7 Å². The van der Waals surface area contributed by atoms with E-state index < -0.39 is 0 Å². The van der Waals surface area contributed by atoms with Crippen molar-refractivity contribution < 1.29 is 0 Å². The Hall–Kier alpha value is 0. The molecule has 0 N–H and O–H groups in total. The molecule has 0 aliphatic heterocycles. The molecule has 0 aliphatic rings. The van der Waals surface area contributed by atoms with Crippen molar-refractivity contribution >= 4 is 0 Å². The fraction of sp³-hybridized carbons (Fsp3) is 1.00. The van der Waals surface area contributed by atoms with Crippen LogP contribution in [0.4, 0.5) is 0 Å². The molecule has 0 amide bonds. The van der Waals surface area contributed by atoms with Gasteiger partial charge in [-0.3, -0.25) is 0 Å². The number of hydrogen-bond donors (Lipinski definition) is 0. The van der Waals surface area contributed by atoms with Gasteiger partial charge in [-0.15, -0.1) is 0 Å². The summed E-state index contributed by atoms with van der Waals surface area (Å²) in [4.78, 5) is 0. The summed E-state index contributed by atoms with van der Waals surface area (Å²) in [7, 11) is 0. The Morgan fingerprint density at radius 2 is 0.800 bits per heavy atom. The van der Waals surface area contributed by atoms with Gasteiger partial charge in [0.25, 0.3) is 0 Å². The number of rotatable bonds is 15. The smallest absolute Gasteiger partial charge is 0.0354 e. The molecule has 0 atom stereocenters. The molecule has 0 heteroatoms. The first-order chi connectivity index (χ1) is 9.62. The second kappa shape index (κ2) is 14.0. The van der Waals surface area contributed by atoms with Crippen LogP contribution in [0.3, 0.4) is 0 Å². The normalized spacial score (nSPS) is 12.0. The van der Waals surface area contributed by atoms with Gasteiger partial charge in [-0.2, -0.15) is 0 Å². The largest absolute Gasteiger partial charge is 0.0654 e. The minimum Gasteiger partial charge on any atom is -0.0654 e. The molecule has 0 rings (SSSR count). The number of hydrogen-bond acceptors (Lipinski definition) is 0. The molecular formula is C20H42. The zero-order valence-electron chi connectivity index (χ0n) is 15.1. The molecule has 0 saturated heterocycles. The first-order valence-corrected chi connectivity index (χ1v) is 9.62. The average molecular weight is 283 g/mol. The second-order valence-corrected chi connectivity index (χ2v) is 7.55. The van der Waals surface area contributed by atoms with Crippen LogP contribution in [0, 0.1) is 5.41 Å². The predicted molar refractivity (Wildman–Crippen MR) is 94.4 cm³/mol. The van der Waals surface area contributed by atoms with E-state index in [1.165, 1.54) is 96.3 Å². The third-order valence-corrected chi connectivity index (χ3v) is 4.66. The minimum absolute atomic E-state index is 0.593. The molecule has 0 fully saturated rings. The first-order valence-electron chi connectivity index (χ1n) is 9.62. The van der Waals surface area contributed by atoms with Crippen molar-refractivity contribution in [2.75, 3.05) is 0 Å². The maximum Gasteiger partial charge on any atom is -0.0354 e. The van der Waals surface area contributed by atoms with E-state index in [0.717, 1.165) is 0 Å². The summed E-state index contributed by atoms with van der Waals surface area (Å²) in [5.41, 5.74) is 0.593. The lowest BCUT2D eigenvalue weighted by Gasteiger charge is -2.24. The van der Waals surface area contributed by atoms with Gasteiger partial charge < -0.3 is 0 Å². The van der Waals surface area contributed by atoms with Crippen molar-refractivity contribution in [1.82, 2.24) is 0 Å². The van der Waals surface area contributed by atoms with Crippen molar-refractivity contribution in [3.05, 3.63) is 0 Å². The lowest BCUT2D eigenvalue weighted by atomic mass is 9.82. The molecule has 122 valence electrons. The lowest BCUT2D eigenvalue weighted by molar-refractivity contribution is 0.285. The van der Waals surface area contributed by atoms with Gasteiger partial charge in [-0.05, 0) is 18.3 Å². The summed E-state index contributed by atoms with van der Waals surface area (Å²) in [5, 5.41) is 0. The molecule has 0 aromatic carbocycles. The molecule has 0 radical (unpaired) electrons. The van der Waals surface area contributed by atoms with Gasteiger partial charge in [0.1, 0.15) is 0 Å². The molecule has 0 nitrogen and oxygen atoms in total. The van der Waals surface area contributed by atoms with Crippen LogP contribution in [0.5, 0.6) is 0 Å². The van der Waals surface area contributed by atoms with E-state index in [1.54, 1.807) is 0 Å². The van der Waals surface area contributed by atoms with Crippen molar-refractivity contribution in [1.29, 1.82) is 0 Å². The second-order valence-electron chi connectivity index (χ2n) is 7.55. The van der Waals surface area contributed by atoms with Gasteiger partial charge in [-0.1, -0.05) is 111 Å². The topological polar surface area (TPSA) is 0 Å². The van der Waals surface area contributed by atoms with Crippen LogP contribution >= 0.6 is 0 Å². The highest BCUT2D eigenvalue weighted by molar-refractivity contribution is 4.68. The van der Waals surface area contributed by atoms with Gasteiger partial charge in [0.05, 0.1) is 0 Å². The van der Waals surface area contributed by atoms with Crippen molar-refractivity contribution in [3.63, 3.8) is 0 Å². The average Bonchev–Trinajstić information content (AvgIpc) is 2.42. The van der Waals surface area contributed by atoms with Crippen LogP contribution < -0.4 is 0 Å². The van der Waals surface area contributed by atoms with E-state index in [0.29, 0.717) is 5.41 Å². The van der Waals surface area contributed by atoms with E-state index >= 15 is 0 Å². The summed E-state index contributed by atoms with van der Waals surface area (Å²) in [6.45, 7) is 9.51. The monoisotopic (exact) mass is 282 g/mol. The Morgan fingerprint density at radius 1 is 0.450 bits per heavy atom. The third kappa shape index (κ3) is 14.4. The lowest BCUT2D eigenvalue weighted by Crippen LogP contribution is -2.10. The Labute approximate surface area is 130 Å². The van der Waals surface area contributed by atoms with Crippen molar-refractivity contribution in [2.45, 2.75) is 124 Å². The maximum atomic E-state index is 2.46. The fourth-order valence-corrected chi connectivity index (χ4v) is 3.05. The van der Waals surface area contributed by atoms with Crippen LogP contribution in [-0.4, -0.2) is 0 Å². The molecule has 0 heterocycles. The molecule has 20 heavy (non-hydrogen) atoms. The summed E-state index contributed by atoms with van der Waals surface area (Å²) in [6.07, 6.45) is 21.6. The standard InChI is InChI=1S/C20H42/c1-5-7-9-10-11-12-13-14-15-16-17-19-20(3,4)18-8-6-2/h5-19H2,1-4H3. The summed E-state index contributed by atoms with van der Waals surface area (Å²) < 4.78 is 0. The van der Waals surface area contributed by atoms with Crippen LogP contribution in [0.2, 0.25) is 0 Å². The Bertz CT molecular complexity index is 180. The first kappa shape index (κ1) is 20.0. The molecule has 0 aliphatic carbocycles. The van der Waals surface area contributed by atoms with E-state index in [4.69, 9.17) is 0 Å². The number of unbranched alkanes of at least 4 members (excludes halogenated alkanes) is 11. The molecular weight excluding hydrogens is 240 g/mol. The Morgan fingerprint density at radius 3 is 1.25 bits per heavy atom. The highest BCUT2D eigenvalue weighted by atomic mass is 14.2. The van der Waals surface area contributed by atoms with Gasteiger partial charge in [0, 0.05) is 0 Å². The third-order valence-electron chi connectivity index (χ3n) is 4.66. The van der Waals surface area contributed by atoms with E-state index in [1.807, 2.05) is 0 Å². The van der Waals surface area contributed by atoms with Gasteiger partial charge in [0.2, 0.25) is 0 Å². The molecule has 0 saturated carbocycles. The van der Waals surface area contributed by atoms with Crippen LogP contribution in [0.1, 0.15) is 124 Å². The Balaban J connectivity index is 3.20. The van der Waals surface area contributed by atoms with Gasteiger partial charge in [-0.25, -0.2) is 0 Å². The predicted octanol–water partition coefficient (Wildman–Crippen LogP) is 7.90. The summed E-state index contributed by atoms with van der Waals surface area (Å²) >= 11 is 0. The molecule has 0 aromatic heterocycles. The minimum atomic E-state index is 0.593. The highest BCUT2D eigenvalue weighted by Gasteiger charge is 2.15. The van der Waals surface area contributed by atoms with Gasteiger partial charge >= 0.3 is 0 Å². The molecule has 0 aromatic rings.